The van der Waals surface area contributed by atoms with E-state index in [4.69, 9.17) is 4.74 Å². The van der Waals surface area contributed by atoms with Crippen LogP contribution in [0.2, 0.25) is 0 Å². The second-order valence-electron chi connectivity index (χ2n) is 7.66. The lowest BCUT2D eigenvalue weighted by atomic mass is 10.1. The van der Waals surface area contributed by atoms with Crippen LogP contribution in [-0.4, -0.2) is 47.1 Å². The van der Waals surface area contributed by atoms with Gasteiger partial charge in [-0.1, -0.05) is 6.07 Å². The van der Waals surface area contributed by atoms with Crippen molar-refractivity contribution in [2.24, 2.45) is 0 Å². The Morgan fingerprint density at radius 2 is 1.79 bits per heavy atom. The van der Waals surface area contributed by atoms with Crippen molar-refractivity contribution in [3.05, 3.63) is 54.4 Å². The van der Waals surface area contributed by atoms with E-state index >= 15 is 0 Å². The predicted octanol–water partition coefficient (Wildman–Crippen LogP) is 4.78. The summed E-state index contributed by atoms with van der Waals surface area (Å²) < 4.78 is 63.1. The Labute approximate surface area is 187 Å². The molecule has 33 heavy (non-hydrogen) atoms. The fraction of sp³-hybridized carbons (Fsp3) is 0.318. The third-order valence-electron chi connectivity index (χ3n) is 4.98. The number of pyridine rings is 1. The molecule has 7 nitrogen and oxygen atoms in total. The number of nitrogens with one attached hydrogen (secondary N) is 1. The van der Waals surface area contributed by atoms with Crippen molar-refractivity contribution in [2.45, 2.75) is 32.7 Å². The highest BCUT2D eigenvalue weighted by molar-refractivity contribution is 5.69. The molecule has 11 heteroatoms. The van der Waals surface area contributed by atoms with Gasteiger partial charge in [0.1, 0.15) is 5.82 Å². The van der Waals surface area contributed by atoms with Crippen LogP contribution in [0.1, 0.15) is 13.8 Å². The maximum Gasteiger partial charge on any atom is 0.387 e. The van der Waals surface area contributed by atoms with Gasteiger partial charge >= 0.3 is 6.61 Å². The largest absolute Gasteiger partial charge is 0.432 e. The molecule has 0 spiro atoms. The number of halogens is 4. The molecule has 0 aliphatic carbocycles. The normalized spacial score (nSPS) is 18.5. The number of ether oxygens (including phenoxy) is 2. The minimum atomic E-state index is -3.13. The number of hydrogen-bond donors (Lipinski definition) is 1. The van der Waals surface area contributed by atoms with E-state index in [9.17, 15) is 17.6 Å². The lowest BCUT2D eigenvalue weighted by Gasteiger charge is -2.36. The summed E-state index contributed by atoms with van der Waals surface area (Å²) in [4.78, 5) is 6.20. The number of nitrogens with zero attached hydrogens (tertiary/aromatic N) is 4. The number of morpholine rings is 1. The van der Waals surface area contributed by atoms with Gasteiger partial charge in [-0.25, -0.2) is 13.8 Å². The first-order valence-electron chi connectivity index (χ1n) is 10.2. The summed E-state index contributed by atoms with van der Waals surface area (Å²) in [7, 11) is 0. The lowest BCUT2D eigenvalue weighted by molar-refractivity contribution is -0.0521. The molecule has 0 bridgehead atoms. The number of benzene rings is 1. The molecular formula is C22H21F4N5O2. The monoisotopic (exact) mass is 463 g/mol. The van der Waals surface area contributed by atoms with Crippen LogP contribution in [0.15, 0.2) is 42.7 Å². The molecule has 2 atom stereocenters. The molecule has 0 saturated carbocycles. The highest BCUT2D eigenvalue weighted by Gasteiger charge is 2.24. The van der Waals surface area contributed by atoms with Crippen LogP contribution in [0.5, 0.6) is 5.75 Å². The number of hydrogen-bond acceptors (Lipinski definition) is 7. The molecule has 1 fully saturated rings. The smallest absolute Gasteiger partial charge is 0.387 e. The third kappa shape index (κ3) is 5.48. The maximum absolute atomic E-state index is 14.5. The average Bonchev–Trinajstić information content (AvgIpc) is 2.76. The summed E-state index contributed by atoms with van der Waals surface area (Å²) in [5, 5.41) is 10.7. The molecule has 3 aromatic rings. The van der Waals surface area contributed by atoms with Crippen LogP contribution in [0.3, 0.4) is 0 Å². The highest BCUT2D eigenvalue weighted by Crippen LogP contribution is 2.29. The second-order valence-corrected chi connectivity index (χ2v) is 7.66. The van der Waals surface area contributed by atoms with Crippen LogP contribution in [0.25, 0.3) is 11.1 Å². The molecule has 1 aromatic carbocycles. The minimum absolute atomic E-state index is 0.0115. The zero-order valence-corrected chi connectivity index (χ0v) is 17.8. The Kier molecular flexibility index (Phi) is 6.59. The molecule has 1 aliphatic heterocycles. The first-order valence-corrected chi connectivity index (χ1v) is 10.2. The minimum Gasteiger partial charge on any atom is -0.432 e. The van der Waals surface area contributed by atoms with Crippen molar-refractivity contribution in [1.82, 2.24) is 15.2 Å². The van der Waals surface area contributed by atoms with Gasteiger partial charge in [0.15, 0.2) is 23.2 Å². The van der Waals surface area contributed by atoms with Gasteiger partial charge in [-0.2, -0.15) is 13.9 Å². The number of rotatable bonds is 6. The van der Waals surface area contributed by atoms with E-state index in [1.165, 1.54) is 18.3 Å². The van der Waals surface area contributed by atoms with Gasteiger partial charge < -0.3 is 19.7 Å². The van der Waals surface area contributed by atoms with E-state index in [0.717, 1.165) is 18.3 Å². The lowest BCUT2D eigenvalue weighted by Crippen LogP contribution is -2.45. The number of anilines is 3. The standard InChI is InChI=1S/C22H21F4N5O2/c1-12-10-31(11-13(2)32-12)21-7-18(17(24)9-27-21)29-20-6-15(8-28-30-20)14-3-4-19(16(23)5-14)33-22(25)26/h3-9,12-13,22H,10-11H2,1-2H3,(H,27,29,30)/t12-,13+. The molecule has 1 saturated heterocycles. The summed E-state index contributed by atoms with van der Waals surface area (Å²) in [6, 6.07) is 6.67. The molecule has 1 N–H and O–H groups in total. The SMILES string of the molecule is C[C@@H]1CN(c2cc(Nc3cc(-c4ccc(OC(F)F)c(F)c4)cnn3)c(F)cn2)C[C@H](C)O1. The van der Waals surface area contributed by atoms with Crippen LogP contribution in [0.4, 0.5) is 34.9 Å². The van der Waals surface area contributed by atoms with Gasteiger partial charge in [0.25, 0.3) is 0 Å². The predicted molar refractivity (Wildman–Crippen MR) is 114 cm³/mol. The molecule has 1 aliphatic rings. The van der Waals surface area contributed by atoms with E-state index in [1.807, 2.05) is 18.7 Å². The van der Waals surface area contributed by atoms with Gasteiger partial charge in [0.05, 0.1) is 30.3 Å². The van der Waals surface area contributed by atoms with Crippen molar-refractivity contribution in [1.29, 1.82) is 0 Å². The summed E-state index contributed by atoms with van der Waals surface area (Å²) in [6.07, 6.45) is 2.52. The third-order valence-corrected chi connectivity index (χ3v) is 4.98. The van der Waals surface area contributed by atoms with E-state index in [1.54, 1.807) is 6.07 Å². The number of aromatic nitrogens is 3. The Hall–Kier alpha value is -3.47. The van der Waals surface area contributed by atoms with Crippen LogP contribution in [-0.2, 0) is 4.74 Å². The molecular weight excluding hydrogens is 442 g/mol. The molecule has 2 aromatic heterocycles. The van der Waals surface area contributed by atoms with Gasteiger partial charge in [-0.15, -0.1) is 5.10 Å². The average molecular weight is 463 g/mol. The Morgan fingerprint density at radius 1 is 1.03 bits per heavy atom. The zero-order valence-electron chi connectivity index (χ0n) is 17.8. The first kappa shape index (κ1) is 22.7. The topological polar surface area (TPSA) is 72.4 Å². The van der Waals surface area contributed by atoms with Crippen LogP contribution >= 0.6 is 0 Å². The summed E-state index contributed by atoms with van der Waals surface area (Å²) in [5.74, 6) is -1.30. The Morgan fingerprint density at radius 3 is 2.48 bits per heavy atom. The van der Waals surface area contributed by atoms with Gasteiger partial charge in [-0.3, -0.25) is 0 Å². The molecule has 0 radical (unpaired) electrons. The first-order chi connectivity index (χ1) is 15.8. The van der Waals surface area contributed by atoms with Gasteiger partial charge in [0, 0.05) is 24.7 Å². The van der Waals surface area contributed by atoms with Crippen molar-refractivity contribution >= 4 is 17.3 Å². The maximum atomic E-state index is 14.5. The molecule has 4 rings (SSSR count). The molecule has 0 amide bonds. The zero-order chi connectivity index (χ0) is 23.5. The molecule has 3 heterocycles. The number of alkyl halides is 2. The van der Waals surface area contributed by atoms with Crippen molar-refractivity contribution in [3.8, 4) is 16.9 Å². The van der Waals surface area contributed by atoms with Gasteiger partial charge in [-0.05, 0) is 37.6 Å². The quantitative estimate of drug-likeness (QED) is 0.528. The van der Waals surface area contributed by atoms with Crippen molar-refractivity contribution < 1.29 is 27.0 Å². The molecule has 0 unspecified atom stereocenters. The fourth-order valence-corrected chi connectivity index (χ4v) is 3.66. The van der Waals surface area contributed by atoms with E-state index in [-0.39, 0.29) is 23.7 Å². The summed E-state index contributed by atoms with van der Waals surface area (Å²) in [5.41, 5.74) is 0.949. The summed E-state index contributed by atoms with van der Waals surface area (Å²) >= 11 is 0. The highest BCUT2D eigenvalue weighted by atomic mass is 19.3. The van der Waals surface area contributed by atoms with Crippen molar-refractivity contribution in [2.75, 3.05) is 23.3 Å². The van der Waals surface area contributed by atoms with Crippen LogP contribution < -0.4 is 15.0 Å². The summed E-state index contributed by atoms with van der Waals surface area (Å²) in [6.45, 7) is 2.03. The van der Waals surface area contributed by atoms with Gasteiger partial charge in [0.2, 0.25) is 0 Å². The van der Waals surface area contributed by atoms with E-state index < -0.39 is 24.0 Å². The second kappa shape index (κ2) is 9.57. The van der Waals surface area contributed by atoms with Crippen LogP contribution in [0, 0.1) is 11.6 Å². The molecule has 174 valence electrons. The van der Waals surface area contributed by atoms with Crippen molar-refractivity contribution in [3.63, 3.8) is 0 Å². The fourth-order valence-electron chi connectivity index (χ4n) is 3.66. The van der Waals surface area contributed by atoms with E-state index in [0.29, 0.717) is 30.0 Å². The van der Waals surface area contributed by atoms with E-state index in [2.05, 4.69) is 25.2 Å². The Balaban J connectivity index is 1.56. The Bertz CT molecular complexity index is 1120.